The third kappa shape index (κ3) is 2.00. The van der Waals surface area contributed by atoms with Gasteiger partial charge in [-0.2, -0.15) is 0 Å². The minimum atomic E-state index is 0.547. The second-order valence-electron chi connectivity index (χ2n) is 5.49. The van der Waals surface area contributed by atoms with Gasteiger partial charge in [0, 0.05) is 12.2 Å². The molecule has 1 saturated carbocycles. The Morgan fingerprint density at radius 2 is 2.24 bits per heavy atom. The molecule has 0 radical (unpaired) electrons. The Balaban J connectivity index is 1.86. The maximum Gasteiger partial charge on any atom is 0.0951 e. The minimum absolute atomic E-state index is 0.547. The zero-order chi connectivity index (χ0) is 11.8. The molecular weight excluding hydrogens is 212 g/mol. The number of aromatic nitrogens is 2. The van der Waals surface area contributed by atoms with E-state index in [0.29, 0.717) is 6.04 Å². The molecule has 4 heteroatoms. The van der Waals surface area contributed by atoms with Crippen LogP contribution in [0.2, 0.25) is 0 Å². The van der Waals surface area contributed by atoms with Crippen LogP contribution in [0.5, 0.6) is 0 Å². The van der Waals surface area contributed by atoms with Crippen molar-refractivity contribution < 1.29 is 0 Å². The van der Waals surface area contributed by atoms with Gasteiger partial charge in [-0.05, 0) is 52.4 Å². The lowest BCUT2D eigenvalue weighted by atomic mass is 9.98. The molecule has 2 aliphatic rings. The molecule has 0 spiro atoms. The average Bonchev–Trinajstić information content (AvgIpc) is 2.95. The molecule has 1 aromatic heterocycles. The second kappa shape index (κ2) is 4.42. The number of hydrogen-bond donors (Lipinski definition) is 1. The van der Waals surface area contributed by atoms with E-state index >= 15 is 0 Å². The third-order valence-corrected chi connectivity index (χ3v) is 4.18. The Hall–Kier alpha value is -0.870. The highest BCUT2D eigenvalue weighted by atomic mass is 15.2. The van der Waals surface area contributed by atoms with Gasteiger partial charge >= 0.3 is 0 Å². The van der Waals surface area contributed by atoms with Gasteiger partial charge in [0.15, 0.2) is 0 Å². The van der Waals surface area contributed by atoms with Crippen LogP contribution < -0.4 is 5.32 Å². The van der Waals surface area contributed by atoms with Gasteiger partial charge in [0.2, 0.25) is 0 Å². The highest BCUT2D eigenvalue weighted by molar-refractivity contribution is 5.12. The van der Waals surface area contributed by atoms with Crippen LogP contribution in [0.25, 0.3) is 0 Å². The summed E-state index contributed by atoms with van der Waals surface area (Å²) in [4.78, 5) is 6.86. The Kier molecular flexibility index (Phi) is 2.92. The maximum atomic E-state index is 4.37. The van der Waals surface area contributed by atoms with Gasteiger partial charge in [0.1, 0.15) is 0 Å². The Bertz CT molecular complexity index is 381. The predicted octanol–water partition coefficient (Wildman–Crippen LogP) is 1.43. The summed E-state index contributed by atoms with van der Waals surface area (Å²) in [5.74, 6) is 0.721. The average molecular weight is 234 g/mol. The van der Waals surface area contributed by atoms with Crippen molar-refractivity contribution in [3.8, 4) is 0 Å². The zero-order valence-electron chi connectivity index (χ0n) is 10.8. The first-order valence-corrected chi connectivity index (χ1v) is 6.68. The molecule has 94 valence electrons. The van der Waals surface area contributed by atoms with Gasteiger partial charge < -0.3 is 9.88 Å². The molecule has 4 nitrogen and oxygen atoms in total. The molecule has 1 aromatic rings. The highest BCUT2D eigenvalue weighted by Crippen LogP contribution is 2.41. The first kappa shape index (κ1) is 11.2. The van der Waals surface area contributed by atoms with Crippen molar-refractivity contribution in [2.45, 2.75) is 31.3 Å². The van der Waals surface area contributed by atoms with Crippen LogP contribution in [0, 0.1) is 5.92 Å². The Labute approximate surface area is 103 Å². The highest BCUT2D eigenvalue weighted by Gasteiger charge is 2.36. The van der Waals surface area contributed by atoms with Crippen molar-refractivity contribution in [1.29, 1.82) is 0 Å². The van der Waals surface area contributed by atoms with Gasteiger partial charge in [-0.3, -0.25) is 4.90 Å². The van der Waals surface area contributed by atoms with Crippen LogP contribution in [0.1, 0.15) is 37.0 Å². The Morgan fingerprint density at radius 1 is 1.41 bits per heavy atom. The Morgan fingerprint density at radius 3 is 2.94 bits per heavy atom. The smallest absolute Gasteiger partial charge is 0.0951 e. The molecule has 17 heavy (non-hydrogen) atoms. The van der Waals surface area contributed by atoms with Crippen molar-refractivity contribution in [3.63, 3.8) is 0 Å². The molecule has 2 atom stereocenters. The molecule has 1 saturated heterocycles. The summed E-state index contributed by atoms with van der Waals surface area (Å²) in [5, 5.41) is 3.33. The SMILES string of the molecule is CNCC1CCN(C)C1c1cncn1C1CC1. The number of imidazole rings is 1. The van der Waals surface area contributed by atoms with Crippen LogP contribution in [-0.2, 0) is 0 Å². The van der Waals surface area contributed by atoms with Crippen LogP contribution in [-0.4, -0.2) is 41.6 Å². The van der Waals surface area contributed by atoms with Crippen LogP contribution in [0.4, 0.5) is 0 Å². The van der Waals surface area contributed by atoms with Crippen molar-refractivity contribution in [1.82, 2.24) is 19.8 Å². The molecule has 0 amide bonds. The van der Waals surface area contributed by atoms with Gasteiger partial charge in [0.25, 0.3) is 0 Å². The molecule has 1 aliphatic heterocycles. The van der Waals surface area contributed by atoms with E-state index in [2.05, 4.69) is 33.0 Å². The number of likely N-dealkylation sites (tertiary alicyclic amines) is 1. The fourth-order valence-electron chi connectivity index (χ4n) is 3.17. The normalized spacial score (nSPS) is 30.0. The lowest BCUT2D eigenvalue weighted by Crippen LogP contribution is -2.28. The fourth-order valence-corrected chi connectivity index (χ4v) is 3.17. The minimum Gasteiger partial charge on any atom is -0.330 e. The fraction of sp³-hybridized carbons (Fsp3) is 0.769. The summed E-state index contributed by atoms with van der Waals surface area (Å²) in [5.41, 5.74) is 1.42. The van der Waals surface area contributed by atoms with E-state index in [0.717, 1.165) is 18.5 Å². The summed E-state index contributed by atoms with van der Waals surface area (Å²) in [6, 6.07) is 1.28. The monoisotopic (exact) mass is 234 g/mol. The molecule has 3 rings (SSSR count). The molecule has 2 heterocycles. The summed E-state index contributed by atoms with van der Waals surface area (Å²) < 4.78 is 2.41. The standard InChI is InChI=1S/C13H22N4/c1-14-7-10-5-6-16(2)13(10)12-8-15-9-17(12)11-3-4-11/h8-11,13-14H,3-7H2,1-2H3. The van der Waals surface area contributed by atoms with Gasteiger partial charge in [-0.15, -0.1) is 0 Å². The predicted molar refractivity (Wildman–Crippen MR) is 67.9 cm³/mol. The van der Waals surface area contributed by atoms with Crippen molar-refractivity contribution in [2.75, 3.05) is 27.2 Å². The maximum absolute atomic E-state index is 4.37. The van der Waals surface area contributed by atoms with E-state index < -0.39 is 0 Å². The molecular formula is C13H22N4. The van der Waals surface area contributed by atoms with Crippen molar-refractivity contribution in [2.24, 2.45) is 5.92 Å². The summed E-state index contributed by atoms with van der Waals surface area (Å²) in [6.45, 7) is 2.30. The summed E-state index contributed by atoms with van der Waals surface area (Å²) >= 11 is 0. The number of rotatable bonds is 4. The lowest BCUT2D eigenvalue weighted by molar-refractivity contribution is 0.262. The lowest BCUT2D eigenvalue weighted by Gasteiger charge is -2.26. The van der Waals surface area contributed by atoms with E-state index in [9.17, 15) is 0 Å². The van der Waals surface area contributed by atoms with Crippen molar-refractivity contribution >= 4 is 0 Å². The molecule has 2 fully saturated rings. The van der Waals surface area contributed by atoms with Gasteiger partial charge in [-0.25, -0.2) is 4.98 Å². The number of nitrogens with zero attached hydrogens (tertiary/aromatic N) is 3. The van der Waals surface area contributed by atoms with Crippen LogP contribution in [0.3, 0.4) is 0 Å². The van der Waals surface area contributed by atoms with Crippen LogP contribution >= 0.6 is 0 Å². The first-order valence-electron chi connectivity index (χ1n) is 6.68. The molecule has 1 N–H and O–H groups in total. The molecule has 2 unspecified atom stereocenters. The van der Waals surface area contributed by atoms with Gasteiger partial charge in [-0.1, -0.05) is 0 Å². The summed E-state index contributed by atoms with van der Waals surface area (Å²) in [7, 11) is 4.29. The zero-order valence-corrected chi connectivity index (χ0v) is 10.8. The van der Waals surface area contributed by atoms with E-state index in [-0.39, 0.29) is 0 Å². The van der Waals surface area contributed by atoms with E-state index in [1.807, 2.05) is 13.4 Å². The number of nitrogens with one attached hydrogen (secondary N) is 1. The largest absolute Gasteiger partial charge is 0.330 e. The topological polar surface area (TPSA) is 33.1 Å². The summed E-state index contributed by atoms with van der Waals surface area (Å²) in [6.07, 6.45) is 8.05. The van der Waals surface area contributed by atoms with Gasteiger partial charge in [0.05, 0.1) is 18.1 Å². The first-order chi connectivity index (χ1) is 8.31. The van der Waals surface area contributed by atoms with Crippen LogP contribution in [0.15, 0.2) is 12.5 Å². The van der Waals surface area contributed by atoms with E-state index in [4.69, 9.17) is 0 Å². The number of hydrogen-bond acceptors (Lipinski definition) is 3. The molecule has 1 aliphatic carbocycles. The molecule has 0 bridgehead atoms. The second-order valence-corrected chi connectivity index (χ2v) is 5.49. The van der Waals surface area contributed by atoms with E-state index in [1.165, 1.54) is 31.5 Å². The van der Waals surface area contributed by atoms with Crippen molar-refractivity contribution in [3.05, 3.63) is 18.2 Å². The molecule has 0 aromatic carbocycles. The van der Waals surface area contributed by atoms with E-state index in [1.54, 1.807) is 0 Å². The third-order valence-electron chi connectivity index (χ3n) is 4.18. The quantitative estimate of drug-likeness (QED) is 0.855.